The summed E-state index contributed by atoms with van der Waals surface area (Å²) in [4.78, 5) is 2.59. The van der Waals surface area contributed by atoms with Crippen LogP contribution in [-0.4, -0.2) is 60.2 Å². The minimum absolute atomic E-state index is 0.0385. The standard InChI is InChI=1S/C12H23NO.C5H10O.C2H6.CH4O/c1-12(2,10-4-3-5-10)13-8-6-11(14)7-9-13;1-6-5-3-2-4-5;2*1-2/h10-11,14H,3-9H2,1-2H3;5H,2-4H2,1H3;1-2H3;2H,1H3. The van der Waals surface area contributed by atoms with Crippen molar-refractivity contribution in [2.24, 2.45) is 5.92 Å². The largest absolute Gasteiger partial charge is 0.400 e. The monoisotopic (exact) mass is 345 g/mol. The molecule has 3 aliphatic rings. The molecule has 0 aromatic carbocycles. The maximum Gasteiger partial charge on any atom is 0.0571 e. The predicted molar refractivity (Wildman–Crippen MR) is 102 cm³/mol. The van der Waals surface area contributed by atoms with Crippen molar-refractivity contribution in [2.45, 2.75) is 96.8 Å². The van der Waals surface area contributed by atoms with E-state index < -0.39 is 0 Å². The molecule has 1 aliphatic heterocycles. The molecule has 0 spiro atoms. The van der Waals surface area contributed by atoms with Gasteiger partial charge in [-0.3, -0.25) is 4.90 Å². The van der Waals surface area contributed by atoms with Crippen LogP contribution in [0.1, 0.15) is 79.1 Å². The third-order valence-corrected chi connectivity index (χ3v) is 5.77. The highest BCUT2D eigenvalue weighted by molar-refractivity contribution is 4.94. The van der Waals surface area contributed by atoms with Crippen molar-refractivity contribution in [1.29, 1.82) is 0 Å². The number of hydrogen-bond acceptors (Lipinski definition) is 4. The molecule has 2 saturated carbocycles. The van der Waals surface area contributed by atoms with Crippen LogP contribution in [0.4, 0.5) is 0 Å². The summed E-state index contributed by atoms with van der Waals surface area (Å²) in [5.41, 5.74) is 0.373. The average Bonchev–Trinajstić information content (AvgIpc) is 2.49. The van der Waals surface area contributed by atoms with E-state index in [2.05, 4.69) is 18.7 Å². The molecule has 1 saturated heterocycles. The number of likely N-dealkylation sites (tertiary alicyclic amines) is 1. The van der Waals surface area contributed by atoms with Gasteiger partial charge in [-0.15, -0.1) is 0 Å². The van der Waals surface area contributed by atoms with E-state index in [9.17, 15) is 5.11 Å². The lowest BCUT2D eigenvalue weighted by molar-refractivity contribution is -0.0181. The number of aliphatic hydroxyl groups is 2. The van der Waals surface area contributed by atoms with E-state index in [4.69, 9.17) is 9.84 Å². The van der Waals surface area contributed by atoms with Gasteiger partial charge >= 0.3 is 0 Å². The smallest absolute Gasteiger partial charge is 0.0571 e. The van der Waals surface area contributed by atoms with Crippen LogP contribution in [0.3, 0.4) is 0 Å². The summed E-state index contributed by atoms with van der Waals surface area (Å²) in [6.07, 6.45) is 10.7. The molecule has 1 heterocycles. The molecular weight excluding hydrogens is 302 g/mol. The van der Waals surface area contributed by atoms with Crippen molar-refractivity contribution in [2.75, 3.05) is 27.3 Å². The number of nitrogens with zero attached hydrogens (tertiary/aromatic N) is 1. The van der Waals surface area contributed by atoms with Crippen LogP contribution in [0.15, 0.2) is 0 Å². The third-order valence-electron chi connectivity index (χ3n) is 5.77. The quantitative estimate of drug-likeness (QED) is 0.816. The molecular formula is C20H43NO3. The topological polar surface area (TPSA) is 52.9 Å². The zero-order chi connectivity index (χ0) is 18.6. The van der Waals surface area contributed by atoms with E-state index in [0.717, 1.165) is 39.0 Å². The molecule has 2 aliphatic carbocycles. The Kier molecular flexibility index (Phi) is 13.0. The van der Waals surface area contributed by atoms with E-state index >= 15 is 0 Å². The molecule has 0 radical (unpaired) electrons. The SMILES string of the molecule is CC.CC(C)(C1CCC1)N1CCC(O)CC1.CO.COC1CCC1. The van der Waals surface area contributed by atoms with Crippen molar-refractivity contribution in [3.8, 4) is 0 Å². The molecule has 0 unspecified atom stereocenters. The second-order valence-corrected chi connectivity index (χ2v) is 7.29. The number of ether oxygens (including phenoxy) is 1. The first-order valence-corrected chi connectivity index (χ1v) is 9.94. The van der Waals surface area contributed by atoms with Gasteiger partial charge in [-0.2, -0.15) is 0 Å². The first-order valence-electron chi connectivity index (χ1n) is 9.94. The van der Waals surface area contributed by atoms with Gasteiger partial charge in [-0.05, 0) is 64.7 Å². The molecule has 4 nitrogen and oxygen atoms in total. The fourth-order valence-corrected chi connectivity index (χ4v) is 3.42. The lowest BCUT2D eigenvalue weighted by atomic mass is 9.71. The highest BCUT2D eigenvalue weighted by Crippen LogP contribution is 2.40. The van der Waals surface area contributed by atoms with Gasteiger partial charge in [0.25, 0.3) is 0 Å². The van der Waals surface area contributed by atoms with Crippen molar-refractivity contribution in [1.82, 2.24) is 4.90 Å². The molecule has 4 heteroatoms. The Morgan fingerprint density at radius 2 is 1.33 bits per heavy atom. The summed E-state index contributed by atoms with van der Waals surface area (Å²) in [5, 5.41) is 16.5. The van der Waals surface area contributed by atoms with Gasteiger partial charge in [0.05, 0.1) is 12.2 Å². The summed E-state index contributed by atoms with van der Waals surface area (Å²) >= 11 is 0. The van der Waals surface area contributed by atoms with Gasteiger partial charge in [-0.1, -0.05) is 20.3 Å². The van der Waals surface area contributed by atoms with E-state index in [1.807, 2.05) is 13.8 Å². The summed E-state index contributed by atoms with van der Waals surface area (Å²) in [5.74, 6) is 0.901. The number of piperidine rings is 1. The van der Waals surface area contributed by atoms with Crippen LogP contribution in [0.5, 0.6) is 0 Å². The molecule has 0 aromatic heterocycles. The van der Waals surface area contributed by atoms with Crippen LogP contribution in [0, 0.1) is 5.92 Å². The van der Waals surface area contributed by atoms with Gasteiger partial charge in [0.2, 0.25) is 0 Å². The molecule has 0 aromatic rings. The molecule has 146 valence electrons. The second kappa shape index (κ2) is 13.1. The van der Waals surface area contributed by atoms with Crippen LogP contribution < -0.4 is 0 Å². The Balaban J connectivity index is 0.000000443. The van der Waals surface area contributed by atoms with Gasteiger partial charge in [-0.25, -0.2) is 0 Å². The minimum Gasteiger partial charge on any atom is -0.400 e. The third kappa shape index (κ3) is 7.38. The van der Waals surface area contributed by atoms with Crippen LogP contribution in [0.25, 0.3) is 0 Å². The van der Waals surface area contributed by atoms with Gasteiger partial charge < -0.3 is 14.9 Å². The van der Waals surface area contributed by atoms with Crippen LogP contribution in [0.2, 0.25) is 0 Å². The zero-order valence-corrected chi connectivity index (χ0v) is 17.1. The van der Waals surface area contributed by atoms with Crippen molar-refractivity contribution in [3.63, 3.8) is 0 Å². The van der Waals surface area contributed by atoms with E-state index in [-0.39, 0.29) is 6.10 Å². The number of aliphatic hydroxyl groups excluding tert-OH is 2. The lowest BCUT2D eigenvalue weighted by Crippen LogP contribution is -2.54. The molecule has 3 rings (SSSR count). The lowest BCUT2D eigenvalue weighted by Gasteiger charge is -2.50. The van der Waals surface area contributed by atoms with Crippen LogP contribution in [-0.2, 0) is 4.74 Å². The number of rotatable bonds is 3. The fraction of sp³-hybridized carbons (Fsp3) is 1.00. The highest BCUT2D eigenvalue weighted by Gasteiger charge is 2.39. The highest BCUT2D eigenvalue weighted by atomic mass is 16.5. The van der Waals surface area contributed by atoms with Crippen molar-refractivity contribution < 1.29 is 14.9 Å². The molecule has 0 bridgehead atoms. The Bertz CT molecular complexity index is 278. The summed E-state index contributed by atoms with van der Waals surface area (Å²) in [6.45, 7) is 10.9. The summed E-state index contributed by atoms with van der Waals surface area (Å²) in [6, 6.07) is 0. The maximum absolute atomic E-state index is 9.48. The van der Waals surface area contributed by atoms with Crippen molar-refractivity contribution in [3.05, 3.63) is 0 Å². The maximum atomic E-state index is 9.48. The first-order chi connectivity index (χ1) is 11.5. The Morgan fingerprint density at radius 1 is 0.875 bits per heavy atom. The molecule has 0 atom stereocenters. The number of hydrogen-bond donors (Lipinski definition) is 2. The van der Waals surface area contributed by atoms with Crippen molar-refractivity contribution >= 4 is 0 Å². The molecule has 0 amide bonds. The average molecular weight is 346 g/mol. The molecule has 3 fully saturated rings. The predicted octanol–water partition coefficient (Wildman–Crippen LogP) is 3.84. The Morgan fingerprint density at radius 3 is 1.58 bits per heavy atom. The second-order valence-electron chi connectivity index (χ2n) is 7.29. The van der Waals surface area contributed by atoms with Crippen LogP contribution >= 0.6 is 0 Å². The van der Waals surface area contributed by atoms with Gasteiger partial charge in [0.15, 0.2) is 0 Å². The minimum atomic E-state index is -0.0385. The van der Waals surface area contributed by atoms with E-state index in [1.54, 1.807) is 7.11 Å². The van der Waals surface area contributed by atoms with Gasteiger partial charge in [0, 0.05) is 32.8 Å². The van der Waals surface area contributed by atoms with E-state index in [0.29, 0.717) is 11.6 Å². The zero-order valence-electron chi connectivity index (χ0n) is 17.1. The Hall–Kier alpha value is -0.160. The molecule has 24 heavy (non-hydrogen) atoms. The fourth-order valence-electron chi connectivity index (χ4n) is 3.42. The van der Waals surface area contributed by atoms with Gasteiger partial charge in [0.1, 0.15) is 0 Å². The van der Waals surface area contributed by atoms with E-state index in [1.165, 1.54) is 38.5 Å². The summed E-state index contributed by atoms with van der Waals surface area (Å²) in [7, 11) is 2.78. The first kappa shape index (κ1) is 23.8. The summed E-state index contributed by atoms with van der Waals surface area (Å²) < 4.78 is 4.99. The Labute approximate surface area is 150 Å². The normalized spacial score (nSPS) is 22.5. The number of methoxy groups -OCH3 is 1. The molecule has 2 N–H and O–H groups in total.